The largest absolute Gasteiger partial charge is 0.269 e. The highest BCUT2D eigenvalue weighted by Gasteiger charge is 2.20. The summed E-state index contributed by atoms with van der Waals surface area (Å²) in [6.07, 6.45) is 1.98. The molecule has 0 unspecified atom stereocenters. The molecular formula is C12H13FN2O2S. The molecule has 2 aromatic rings. The first-order chi connectivity index (χ1) is 8.45. The van der Waals surface area contributed by atoms with Crippen LogP contribution in [0.3, 0.4) is 0 Å². The first-order valence-electron chi connectivity index (χ1n) is 5.51. The molecule has 0 fully saturated rings. The van der Waals surface area contributed by atoms with Crippen molar-refractivity contribution in [3.8, 4) is 0 Å². The lowest BCUT2D eigenvalue weighted by Gasteiger charge is -2.07. The van der Waals surface area contributed by atoms with Crippen molar-refractivity contribution in [2.24, 2.45) is 0 Å². The quantitative estimate of drug-likeness (QED) is 0.857. The highest BCUT2D eigenvalue weighted by molar-refractivity contribution is 7.90. The van der Waals surface area contributed by atoms with E-state index < -0.39 is 15.8 Å². The molecule has 0 spiro atoms. The second-order valence-electron chi connectivity index (χ2n) is 3.91. The van der Waals surface area contributed by atoms with E-state index in [1.165, 1.54) is 18.3 Å². The zero-order valence-corrected chi connectivity index (χ0v) is 10.9. The number of nitrogens with zero attached hydrogens (tertiary/aromatic N) is 2. The van der Waals surface area contributed by atoms with Crippen molar-refractivity contribution >= 4 is 10.0 Å². The van der Waals surface area contributed by atoms with Gasteiger partial charge in [-0.05, 0) is 31.2 Å². The van der Waals surface area contributed by atoms with Gasteiger partial charge < -0.3 is 0 Å². The Balaban J connectivity index is 2.57. The summed E-state index contributed by atoms with van der Waals surface area (Å²) in [7, 11) is -3.69. The Morgan fingerprint density at radius 2 is 1.89 bits per heavy atom. The van der Waals surface area contributed by atoms with Gasteiger partial charge in [0.25, 0.3) is 10.0 Å². The molecular weight excluding hydrogens is 255 g/mol. The van der Waals surface area contributed by atoms with Crippen LogP contribution in [0.1, 0.15) is 18.4 Å². The number of benzene rings is 1. The zero-order valence-electron chi connectivity index (χ0n) is 10.1. The van der Waals surface area contributed by atoms with Crippen LogP contribution in [0.15, 0.2) is 35.4 Å². The first-order valence-corrected chi connectivity index (χ1v) is 6.95. The Bertz CT molecular complexity index is 660. The summed E-state index contributed by atoms with van der Waals surface area (Å²) in [5, 5.41) is 0. The summed E-state index contributed by atoms with van der Waals surface area (Å²) >= 11 is 0. The molecule has 0 bridgehead atoms. The van der Waals surface area contributed by atoms with Crippen molar-refractivity contribution in [3.63, 3.8) is 0 Å². The van der Waals surface area contributed by atoms with E-state index in [9.17, 15) is 12.8 Å². The van der Waals surface area contributed by atoms with Gasteiger partial charge in [0, 0.05) is 12.6 Å². The van der Waals surface area contributed by atoms with Crippen LogP contribution in [0.5, 0.6) is 0 Å². The number of imidazole rings is 1. The molecule has 0 aliphatic rings. The summed E-state index contributed by atoms with van der Waals surface area (Å²) in [6, 6.07) is 4.75. The smallest absolute Gasteiger partial charge is 0.238 e. The van der Waals surface area contributed by atoms with Gasteiger partial charge in [-0.2, -0.15) is 0 Å². The number of aryl methyl sites for hydroxylation is 2. The van der Waals surface area contributed by atoms with E-state index in [0.717, 1.165) is 16.1 Å². The third-order valence-electron chi connectivity index (χ3n) is 2.55. The minimum absolute atomic E-state index is 0.0519. The molecule has 0 radical (unpaired) electrons. The molecule has 0 saturated carbocycles. The van der Waals surface area contributed by atoms with E-state index in [0.29, 0.717) is 17.9 Å². The average molecular weight is 268 g/mol. The number of halogens is 1. The molecule has 0 amide bonds. The normalized spacial score (nSPS) is 11.7. The third-order valence-corrected chi connectivity index (χ3v) is 4.25. The van der Waals surface area contributed by atoms with E-state index in [1.54, 1.807) is 6.92 Å². The highest BCUT2D eigenvalue weighted by Crippen LogP contribution is 2.17. The number of aromatic nitrogens is 2. The fraction of sp³-hybridized carbons (Fsp3) is 0.250. The number of hydrogen-bond acceptors (Lipinski definition) is 3. The molecule has 0 atom stereocenters. The molecule has 2 rings (SSSR count). The average Bonchev–Trinajstić information content (AvgIpc) is 2.72. The summed E-state index contributed by atoms with van der Waals surface area (Å²) in [4.78, 5) is 4.20. The molecule has 96 valence electrons. The van der Waals surface area contributed by atoms with Crippen LogP contribution in [0.4, 0.5) is 4.39 Å². The summed E-state index contributed by atoms with van der Waals surface area (Å²) in [6.45, 7) is 3.56. The fourth-order valence-corrected chi connectivity index (χ4v) is 3.13. The molecule has 1 heterocycles. The van der Waals surface area contributed by atoms with E-state index in [2.05, 4.69) is 4.98 Å². The van der Waals surface area contributed by atoms with Crippen molar-refractivity contribution in [2.45, 2.75) is 25.2 Å². The minimum atomic E-state index is -3.69. The summed E-state index contributed by atoms with van der Waals surface area (Å²) in [5.74, 6) is 0.00306. The standard InChI is InChI=1S/C12H13FN2O2S/c1-3-12-14-9(2)8-15(12)18(16,17)11-6-4-10(13)5-7-11/h4-8H,3H2,1-2H3. The van der Waals surface area contributed by atoms with Gasteiger partial charge in [-0.3, -0.25) is 0 Å². The second kappa shape index (κ2) is 4.53. The zero-order chi connectivity index (χ0) is 13.3. The van der Waals surface area contributed by atoms with Gasteiger partial charge in [-0.1, -0.05) is 6.92 Å². The van der Waals surface area contributed by atoms with Gasteiger partial charge in [0.05, 0.1) is 10.6 Å². The van der Waals surface area contributed by atoms with Crippen molar-refractivity contribution in [2.75, 3.05) is 0 Å². The van der Waals surface area contributed by atoms with Crippen molar-refractivity contribution < 1.29 is 12.8 Å². The van der Waals surface area contributed by atoms with Gasteiger partial charge >= 0.3 is 0 Å². The van der Waals surface area contributed by atoms with Crippen LogP contribution < -0.4 is 0 Å². The summed E-state index contributed by atoms with van der Waals surface area (Å²) in [5.41, 5.74) is 0.637. The third kappa shape index (κ3) is 2.15. The van der Waals surface area contributed by atoms with Crippen LogP contribution >= 0.6 is 0 Å². The Kier molecular flexibility index (Phi) is 3.21. The number of hydrogen-bond donors (Lipinski definition) is 0. The maximum atomic E-state index is 12.8. The maximum Gasteiger partial charge on any atom is 0.269 e. The molecule has 0 saturated heterocycles. The molecule has 0 aliphatic heterocycles. The Morgan fingerprint density at radius 1 is 1.28 bits per heavy atom. The molecule has 4 nitrogen and oxygen atoms in total. The Labute approximate surface area is 105 Å². The van der Waals surface area contributed by atoms with Crippen LogP contribution in [-0.4, -0.2) is 17.4 Å². The molecule has 1 aromatic carbocycles. The monoisotopic (exact) mass is 268 g/mol. The minimum Gasteiger partial charge on any atom is -0.238 e. The molecule has 18 heavy (non-hydrogen) atoms. The maximum absolute atomic E-state index is 12.8. The van der Waals surface area contributed by atoms with Gasteiger partial charge in [-0.25, -0.2) is 21.8 Å². The second-order valence-corrected chi connectivity index (χ2v) is 5.72. The lowest BCUT2D eigenvalue weighted by molar-refractivity contribution is 0.583. The molecule has 0 N–H and O–H groups in total. The lowest BCUT2D eigenvalue weighted by Crippen LogP contribution is -2.15. The van der Waals surface area contributed by atoms with Gasteiger partial charge in [0.15, 0.2) is 0 Å². The predicted octanol–water partition coefficient (Wildman–Crippen LogP) is 2.13. The topological polar surface area (TPSA) is 52.0 Å². The van der Waals surface area contributed by atoms with Crippen LogP contribution in [0, 0.1) is 12.7 Å². The van der Waals surface area contributed by atoms with Crippen LogP contribution in [-0.2, 0) is 16.4 Å². The Morgan fingerprint density at radius 3 is 2.44 bits per heavy atom. The van der Waals surface area contributed by atoms with E-state index >= 15 is 0 Å². The Hall–Kier alpha value is -1.69. The van der Waals surface area contributed by atoms with E-state index in [1.807, 2.05) is 6.92 Å². The fourth-order valence-electron chi connectivity index (χ4n) is 1.69. The van der Waals surface area contributed by atoms with Crippen LogP contribution in [0.2, 0.25) is 0 Å². The molecule has 0 aliphatic carbocycles. The lowest BCUT2D eigenvalue weighted by atomic mass is 10.4. The predicted molar refractivity (Wildman–Crippen MR) is 65.3 cm³/mol. The van der Waals surface area contributed by atoms with Crippen molar-refractivity contribution in [3.05, 3.63) is 47.8 Å². The van der Waals surface area contributed by atoms with E-state index in [4.69, 9.17) is 0 Å². The van der Waals surface area contributed by atoms with Crippen molar-refractivity contribution in [1.82, 2.24) is 8.96 Å². The summed E-state index contributed by atoms with van der Waals surface area (Å²) < 4.78 is 38.6. The molecule has 6 heteroatoms. The van der Waals surface area contributed by atoms with Crippen molar-refractivity contribution in [1.29, 1.82) is 0 Å². The van der Waals surface area contributed by atoms with E-state index in [-0.39, 0.29) is 4.90 Å². The van der Waals surface area contributed by atoms with Gasteiger partial charge in [0.2, 0.25) is 0 Å². The SMILES string of the molecule is CCc1nc(C)cn1S(=O)(=O)c1ccc(F)cc1. The van der Waals surface area contributed by atoms with Gasteiger partial charge in [0.1, 0.15) is 11.6 Å². The van der Waals surface area contributed by atoms with Gasteiger partial charge in [-0.15, -0.1) is 0 Å². The van der Waals surface area contributed by atoms with Crippen LogP contribution in [0.25, 0.3) is 0 Å². The number of rotatable bonds is 3. The first kappa shape index (κ1) is 12.8. The molecule has 1 aromatic heterocycles. The highest BCUT2D eigenvalue weighted by atomic mass is 32.2.